The molecule has 2 nitrogen and oxygen atoms in total. The second kappa shape index (κ2) is 6.83. The van der Waals surface area contributed by atoms with Crippen LogP contribution in [0.15, 0.2) is 35.6 Å². The molecule has 1 unspecified atom stereocenters. The van der Waals surface area contributed by atoms with E-state index in [1.165, 1.54) is 33.4 Å². The molecule has 0 fully saturated rings. The first-order chi connectivity index (χ1) is 11.7. The van der Waals surface area contributed by atoms with E-state index in [0.29, 0.717) is 5.16 Å². The third kappa shape index (κ3) is 3.28. The van der Waals surface area contributed by atoms with Crippen LogP contribution in [0.25, 0.3) is 0 Å². The zero-order valence-electron chi connectivity index (χ0n) is 15.5. The number of halogens is 2. The molecule has 0 spiro atoms. The lowest BCUT2D eigenvalue weighted by Gasteiger charge is -2.31. The molecule has 0 bridgehead atoms. The number of rotatable bonds is 2. The second-order valence-electron chi connectivity index (χ2n) is 6.84. The summed E-state index contributed by atoms with van der Waals surface area (Å²) in [5, 5.41) is 0.663. The quantitative estimate of drug-likeness (QED) is 0.388. The lowest BCUT2D eigenvalue weighted by molar-refractivity contribution is 1.26. The van der Waals surface area contributed by atoms with Crippen LogP contribution in [-0.4, -0.2) is 0 Å². The van der Waals surface area contributed by atoms with Crippen molar-refractivity contribution in [1.82, 2.24) is 0 Å². The number of anilines is 2. The summed E-state index contributed by atoms with van der Waals surface area (Å²) in [5.74, 6) is 0. The molecular formula is C20H23Cl2N2P. The highest BCUT2D eigenvalue weighted by Gasteiger charge is 2.35. The number of hydrogen-bond donors (Lipinski definition) is 0. The third-order valence-electron chi connectivity index (χ3n) is 4.49. The maximum atomic E-state index is 6.96. The zero-order valence-corrected chi connectivity index (χ0v) is 17.9. The highest BCUT2D eigenvalue weighted by atomic mass is 35.7. The topological polar surface area (TPSA) is 6.48 Å². The second-order valence-corrected chi connectivity index (χ2v) is 9.45. The molecule has 0 aromatic heterocycles. The molecule has 3 rings (SSSR count). The summed E-state index contributed by atoms with van der Waals surface area (Å²) in [7, 11) is -1.15. The molecule has 0 N–H and O–H groups in total. The monoisotopic (exact) mass is 392 g/mol. The fraction of sp³-hybridized carbons (Fsp3) is 0.300. The molecule has 1 aliphatic rings. The molecule has 1 heterocycles. The van der Waals surface area contributed by atoms with Crippen molar-refractivity contribution in [3.05, 3.63) is 69.0 Å². The van der Waals surface area contributed by atoms with Gasteiger partial charge in [-0.3, -0.25) is 9.34 Å². The zero-order chi connectivity index (χ0) is 18.5. The van der Waals surface area contributed by atoms with Gasteiger partial charge in [0.05, 0.1) is 11.4 Å². The maximum absolute atomic E-state index is 6.96. The first kappa shape index (κ1) is 18.6. The van der Waals surface area contributed by atoms with Crippen molar-refractivity contribution in [3.8, 4) is 0 Å². The summed E-state index contributed by atoms with van der Waals surface area (Å²) in [6.07, 6.45) is 1.96. The standard InChI is InChI=1S/C20H23Cl2N2P/c1-12-7-14(3)19(15(4)8-12)23-11-18(21)24(25(23)22)20-16(5)9-13(2)10-17(20)6/h7-11H,1-6H3. The van der Waals surface area contributed by atoms with Crippen molar-refractivity contribution < 1.29 is 0 Å². The summed E-state index contributed by atoms with van der Waals surface area (Å²) in [4.78, 5) is 0. The summed E-state index contributed by atoms with van der Waals surface area (Å²) in [5.41, 5.74) is 9.57. The van der Waals surface area contributed by atoms with Crippen molar-refractivity contribution in [2.24, 2.45) is 0 Å². The van der Waals surface area contributed by atoms with E-state index in [4.69, 9.17) is 22.8 Å². The largest absolute Gasteiger partial charge is 0.293 e. The van der Waals surface area contributed by atoms with Gasteiger partial charge in [0.25, 0.3) is 0 Å². The Kier molecular flexibility index (Phi) is 5.08. The van der Waals surface area contributed by atoms with Crippen LogP contribution in [0.3, 0.4) is 0 Å². The summed E-state index contributed by atoms with van der Waals surface area (Å²) >= 11 is 13.6. The summed E-state index contributed by atoms with van der Waals surface area (Å²) in [6.45, 7) is 12.7. The van der Waals surface area contributed by atoms with E-state index in [2.05, 4.69) is 75.1 Å². The molecule has 0 aliphatic carbocycles. The van der Waals surface area contributed by atoms with Crippen LogP contribution < -0.4 is 9.34 Å². The number of nitrogens with zero attached hydrogens (tertiary/aromatic N) is 2. The fourth-order valence-corrected chi connectivity index (χ4v) is 6.73. The normalized spacial score (nSPS) is 17.3. The van der Waals surface area contributed by atoms with Crippen LogP contribution in [0.2, 0.25) is 0 Å². The molecule has 2 aromatic carbocycles. The number of aryl methyl sites for hydroxylation is 6. The number of benzene rings is 2. The van der Waals surface area contributed by atoms with E-state index >= 15 is 0 Å². The van der Waals surface area contributed by atoms with E-state index in [1.807, 2.05) is 6.20 Å². The van der Waals surface area contributed by atoms with Crippen LogP contribution in [0, 0.1) is 41.5 Å². The van der Waals surface area contributed by atoms with Crippen LogP contribution in [0.5, 0.6) is 0 Å². The van der Waals surface area contributed by atoms with E-state index in [0.717, 1.165) is 11.4 Å². The molecular weight excluding hydrogens is 370 g/mol. The van der Waals surface area contributed by atoms with Crippen LogP contribution in [0.1, 0.15) is 33.4 Å². The fourth-order valence-electron chi connectivity index (χ4n) is 3.76. The van der Waals surface area contributed by atoms with Crippen molar-refractivity contribution in [2.75, 3.05) is 9.34 Å². The lowest BCUT2D eigenvalue weighted by Crippen LogP contribution is -2.15. The Bertz CT molecular complexity index is 830. The van der Waals surface area contributed by atoms with Gasteiger partial charge in [-0.25, -0.2) is 0 Å². The van der Waals surface area contributed by atoms with Gasteiger partial charge >= 0.3 is 0 Å². The van der Waals surface area contributed by atoms with E-state index in [9.17, 15) is 0 Å². The average molecular weight is 393 g/mol. The van der Waals surface area contributed by atoms with E-state index in [1.54, 1.807) is 0 Å². The van der Waals surface area contributed by atoms with Gasteiger partial charge in [-0.2, -0.15) is 0 Å². The Balaban J connectivity index is 2.08. The molecule has 0 saturated heterocycles. The molecule has 0 radical (unpaired) electrons. The molecule has 0 saturated carbocycles. The molecule has 1 aliphatic heterocycles. The molecule has 132 valence electrons. The van der Waals surface area contributed by atoms with Gasteiger partial charge in [-0.05, 0) is 75.0 Å². The molecule has 2 aromatic rings. The van der Waals surface area contributed by atoms with Gasteiger partial charge in [0.1, 0.15) is 5.16 Å². The Morgan fingerprint density at radius 1 is 0.720 bits per heavy atom. The average Bonchev–Trinajstić information content (AvgIpc) is 2.73. The van der Waals surface area contributed by atoms with Crippen LogP contribution in [-0.2, 0) is 0 Å². The van der Waals surface area contributed by atoms with E-state index < -0.39 is 7.58 Å². The minimum absolute atomic E-state index is 0.663. The molecule has 25 heavy (non-hydrogen) atoms. The van der Waals surface area contributed by atoms with Gasteiger partial charge in [0.2, 0.25) is 7.58 Å². The van der Waals surface area contributed by atoms with E-state index in [-0.39, 0.29) is 0 Å². The smallest absolute Gasteiger partial charge is 0.207 e. The van der Waals surface area contributed by atoms with Gasteiger partial charge in [-0.1, -0.05) is 47.0 Å². The highest BCUT2D eigenvalue weighted by molar-refractivity contribution is 7.87. The first-order valence-electron chi connectivity index (χ1n) is 8.29. The Morgan fingerprint density at radius 2 is 1.12 bits per heavy atom. The first-order valence-corrected chi connectivity index (χ1v) is 10.8. The minimum Gasteiger partial charge on any atom is -0.293 e. The Morgan fingerprint density at radius 3 is 1.56 bits per heavy atom. The Hall–Kier alpha value is -1.21. The number of hydrogen-bond acceptors (Lipinski definition) is 2. The predicted octanol–water partition coefficient (Wildman–Crippen LogP) is 7.37. The van der Waals surface area contributed by atoms with Gasteiger partial charge in [0, 0.05) is 6.20 Å². The lowest BCUT2D eigenvalue weighted by atomic mass is 10.1. The van der Waals surface area contributed by atoms with Crippen LogP contribution >= 0.6 is 30.4 Å². The van der Waals surface area contributed by atoms with Crippen molar-refractivity contribution in [3.63, 3.8) is 0 Å². The van der Waals surface area contributed by atoms with Crippen LogP contribution in [0.4, 0.5) is 11.4 Å². The van der Waals surface area contributed by atoms with Gasteiger partial charge in [-0.15, -0.1) is 0 Å². The minimum atomic E-state index is -1.15. The predicted molar refractivity (Wildman–Crippen MR) is 113 cm³/mol. The maximum Gasteiger partial charge on any atom is 0.207 e. The van der Waals surface area contributed by atoms with Crippen molar-refractivity contribution in [1.29, 1.82) is 0 Å². The molecule has 0 amide bonds. The Labute approximate surface area is 161 Å². The van der Waals surface area contributed by atoms with Gasteiger partial charge < -0.3 is 0 Å². The molecule has 5 heteroatoms. The summed E-state index contributed by atoms with van der Waals surface area (Å²) in [6, 6.07) is 8.74. The SMILES string of the molecule is Cc1cc(C)c(N2C=C(Cl)N(c3c(C)cc(C)cc3C)P2Cl)c(C)c1. The highest BCUT2D eigenvalue weighted by Crippen LogP contribution is 2.62. The van der Waals surface area contributed by atoms with Crippen molar-refractivity contribution >= 4 is 41.8 Å². The molecule has 1 atom stereocenters. The summed E-state index contributed by atoms with van der Waals surface area (Å²) < 4.78 is 4.20. The van der Waals surface area contributed by atoms with Crippen molar-refractivity contribution in [2.45, 2.75) is 41.5 Å². The third-order valence-corrected chi connectivity index (χ3v) is 7.23. The van der Waals surface area contributed by atoms with Gasteiger partial charge in [0.15, 0.2) is 0 Å².